The third-order valence-corrected chi connectivity index (χ3v) is 4.18. The van der Waals surface area contributed by atoms with Crippen LogP contribution in [0.2, 0.25) is 0 Å². The quantitative estimate of drug-likeness (QED) is 0.790. The van der Waals surface area contributed by atoms with Crippen molar-refractivity contribution in [3.63, 3.8) is 0 Å². The highest BCUT2D eigenvalue weighted by atomic mass is 16.1. The number of aromatic nitrogens is 4. The van der Waals surface area contributed by atoms with Crippen LogP contribution in [0.1, 0.15) is 28.9 Å². The molecular weight excluding hydrogens is 304 g/mol. The molecule has 1 fully saturated rings. The van der Waals surface area contributed by atoms with Crippen molar-refractivity contribution < 1.29 is 4.79 Å². The number of carbonyl (C=O) groups is 1. The normalized spacial score (nSPS) is 14.2. The largest absolute Gasteiger partial charge is 0.357 e. The van der Waals surface area contributed by atoms with E-state index in [9.17, 15) is 4.79 Å². The Labute approximate surface area is 139 Å². The number of carbonyl (C=O) groups excluding carboxylic acids is 1. The maximum Gasteiger partial charge on any atom is 0.272 e. The average Bonchev–Trinajstić information content (AvgIpc) is 3.30. The molecule has 1 amide bonds. The Hall–Kier alpha value is -2.96. The fraction of sp³-hybridized carbons (Fsp3) is 0.294. The second-order valence-corrected chi connectivity index (χ2v) is 5.85. The Morgan fingerprint density at radius 3 is 2.88 bits per heavy atom. The first-order valence-corrected chi connectivity index (χ1v) is 8.08. The molecule has 0 radical (unpaired) electrons. The number of nitrogens with zero attached hydrogens (tertiary/aromatic N) is 5. The zero-order valence-electron chi connectivity index (χ0n) is 13.2. The summed E-state index contributed by atoms with van der Waals surface area (Å²) in [5, 5.41) is 7.16. The van der Waals surface area contributed by atoms with Crippen LogP contribution in [0.3, 0.4) is 0 Å². The van der Waals surface area contributed by atoms with E-state index in [1.807, 2.05) is 12.1 Å². The highest BCUT2D eigenvalue weighted by Crippen LogP contribution is 2.18. The van der Waals surface area contributed by atoms with Crippen LogP contribution >= 0.6 is 0 Å². The monoisotopic (exact) mass is 322 g/mol. The third kappa shape index (κ3) is 2.92. The van der Waals surface area contributed by atoms with Gasteiger partial charge in [0.2, 0.25) is 0 Å². The Kier molecular flexibility index (Phi) is 3.82. The Balaban J connectivity index is 1.44. The maximum absolute atomic E-state index is 12.3. The van der Waals surface area contributed by atoms with Gasteiger partial charge in [0.15, 0.2) is 5.65 Å². The molecule has 0 aliphatic carbocycles. The molecule has 3 aromatic rings. The van der Waals surface area contributed by atoms with Crippen LogP contribution in [0.4, 0.5) is 5.82 Å². The molecule has 1 saturated heterocycles. The van der Waals surface area contributed by atoms with Gasteiger partial charge in [-0.1, -0.05) is 0 Å². The number of hydrogen-bond donors (Lipinski definition) is 1. The highest BCUT2D eigenvalue weighted by Gasteiger charge is 2.14. The third-order valence-electron chi connectivity index (χ3n) is 4.18. The van der Waals surface area contributed by atoms with E-state index in [4.69, 9.17) is 0 Å². The second-order valence-electron chi connectivity index (χ2n) is 5.85. The minimum Gasteiger partial charge on any atom is -0.357 e. The Morgan fingerprint density at radius 2 is 2.00 bits per heavy atom. The predicted octanol–water partition coefficient (Wildman–Crippen LogP) is 1.65. The summed E-state index contributed by atoms with van der Waals surface area (Å²) in [5.41, 5.74) is 2.12. The predicted molar refractivity (Wildman–Crippen MR) is 89.8 cm³/mol. The van der Waals surface area contributed by atoms with Crippen molar-refractivity contribution in [2.45, 2.75) is 19.4 Å². The number of fused-ring (bicyclic) bond motifs is 1. The fourth-order valence-electron chi connectivity index (χ4n) is 2.90. The van der Waals surface area contributed by atoms with Crippen LogP contribution in [-0.2, 0) is 6.54 Å². The number of pyridine rings is 1. The summed E-state index contributed by atoms with van der Waals surface area (Å²) >= 11 is 0. The van der Waals surface area contributed by atoms with E-state index in [2.05, 4.69) is 25.3 Å². The number of rotatable bonds is 4. The molecule has 4 rings (SSSR count). The van der Waals surface area contributed by atoms with Gasteiger partial charge < -0.3 is 10.2 Å². The molecule has 0 spiro atoms. The molecule has 24 heavy (non-hydrogen) atoms. The van der Waals surface area contributed by atoms with Gasteiger partial charge in [0.05, 0.1) is 0 Å². The van der Waals surface area contributed by atoms with E-state index in [0.717, 1.165) is 30.1 Å². The summed E-state index contributed by atoms with van der Waals surface area (Å²) < 4.78 is 1.59. The van der Waals surface area contributed by atoms with Crippen LogP contribution in [-0.4, -0.2) is 38.6 Å². The zero-order chi connectivity index (χ0) is 16.4. The molecule has 3 aromatic heterocycles. The van der Waals surface area contributed by atoms with E-state index in [1.54, 1.807) is 35.2 Å². The minimum absolute atomic E-state index is 0.204. The molecule has 4 heterocycles. The molecule has 0 saturated carbocycles. The molecule has 0 aromatic carbocycles. The SMILES string of the molecule is O=C(NCc1ccnc(N2CCCC2)c1)c1ccc2nccn2n1. The van der Waals surface area contributed by atoms with Gasteiger partial charge in [0.25, 0.3) is 5.91 Å². The van der Waals surface area contributed by atoms with Crippen LogP contribution < -0.4 is 10.2 Å². The molecule has 7 nitrogen and oxygen atoms in total. The standard InChI is InChI=1S/C17H18N6O/c24-17(14-3-4-15-19-7-10-23(15)21-14)20-12-13-5-6-18-16(11-13)22-8-1-2-9-22/h3-7,10-11H,1-2,8-9,12H2,(H,20,24). The highest BCUT2D eigenvalue weighted by molar-refractivity contribution is 5.92. The lowest BCUT2D eigenvalue weighted by molar-refractivity contribution is 0.0944. The summed E-state index contributed by atoms with van der Waals surface area (Å²) in [6, 6.07) is 7.42. The first-order valence-electron chi connectivity index (χ1n) is 8.08. The summed E-state index contributed by atoms with van der Waals surface area (Å²) in [4.78, 5) is 23.1. The first-order chi connectivity index (χ1) is 11.8. The van der Waals surface area contributed by atoms with Crippen LogP contribution in [0, 0.1) is 0 Å². The van der Waals surface area contributed by atoms with Gasteiger partial charge >= 0.3 is 0 Å². The first kappa shape index (κ1) is 14.6. The number of hydrogen-bond acceptors (Lipinski definition) is 5. The Bertz CT molecular complexity index is 868. The second kappa shape index (κ2) is 6.27. The Morgan fingerprint density at radius 1 is 1.12 bits per heavy atom. The fourth-order valence-corrected chi connectivity index (χ4v) is 2.90. The molecule has 1 aliphatic heterocycles. The van der Waals surface area contributed by atoms with E-state index >= 15 is 0 Å². The van der Waals surface area contributed by atoms with Crippen molar-refractivity contribution in [2.75, 3.05) is 18.0 Å². The number of anilines is 1. The molecule has 0 bridgehead atoms. The maximum atomic E-state index is 12.3. The lowest BCUT2D eigenvalue weighted by Crippen LogP contribution is -2.25. The molecular formula is C17H18N6O. The average molecular weight is 322 g/mol. The van der Waals surface area contributed by atoms with E-state index in [1.165, 1.54) is 12.8 Å². The molecule has 1 N–H and O–H groups in total. The summed E-state index contributed by atoms with van der Waals surface area (Å²) in [6.45, 7) is 2.56. The molecule has 7 heteroatoms. The van der Waals surface area contributed by atoms with Crippen LogP contribution in [0.25, 0.3) is 5.65 Å². The van der Waals surface area contributed by atoms with Crippen LogP contribution in [0.5, 0.6) is 0 Å². The number of imidazole rings is 1. The lowest BCUT2D eigenvalue weighted by atomic mass is 10.2. The van der Waals surface area contributed by atoms with E-state index in [0.29, 0.717) is 12.2 Å². The smallest absolute Gasteiger partial charge is 0.272 e. The van der Waals surface area contributed by atoms with Gasteiger partial charge in [-0.25, -0.2) is 14.5 Å². The van der Waals surface area contributed by atoms with Gasteiger partial charge in [-0.05, 0) is 42.7 Å². The van der Waals surface area contributed by atoms with Crippen molar-refractivity contribution in [3.05, 3.63) is 54.1 Å². The van der Waals surface area contributed by atoms with Gasteiger partial charge in [0.1, 0.15) is 11.5 Å². The summed E-state index contributed by atoms with van der Waals surface area (Å²) in [5.74, 6) is 0.780. The van der Waals surface area contributed by atoms with Gasteiger partial charge in [-0.15, -0.1) is 0 Å². The van der Waals surface area contributed by atoms with E-state index < -0.39 is 0 Å². The van der Waals surface area contributed by atoms with Gasteiger partial charge in [0, 0.05) is 38.2 Å². The molecule has 0 atom stereocenters. The van der Waals surface area contributed by atoms with Crippen molar-refractivity contribution in [1.29, 1.82) is 0 Å². The van der Waals surface area contributed by atoms with Crippen molar-refractivity contribution >= 4 is 17.4 Å². The van der Waals surface area contributed by atoms with Crippen LogP contribution in [0.15, 0.2) is 42.9 Å². The zero-order valence-corrected chi connectivity index (χ0v) is 13.2. The molecule has 122 valence electrons. The molecule has 0 unspecified atom stereocenters. The lowest BCUT2D eigenvalue weighted by Gasteiger charge is -2.16. The van der Waals surface area contributed by atoms with Crippen molar-refractivity contribution in [2.24, 2.45) is 0 Å². The van der Waals surface area contributed by atoms with Crippen molar-refractivity contribution in [3.8, 4) is 0 Å². The summed E-state index contributed by atoms with van der Waals surface area (Å²) in [7, 11) is 0. The van der Waals surface area contributed by atoms with E-state index in [-0.39, 0.29) is 5.91 Å². The van der Waals surface area contributed by atoms with Gasteiger partial charge in [-0.2, -0.15) is 5.10 Å². The number of nitrogens with one attached hydrogen (secondary N) is 1. The van der Waals surface area contributed by atoms with Gasteiger partial charge in [-0.3, -0.25) is 4.79 Å². The molecule has 1 aliphatic rings. The summed E-state index contributed by atoms with van der Waals surface area (Å²) in [6.07, 6.45) is 7.60. The minimum atomic E-state index is -0.204. The topological polar surface area (TPSA) is 75.4 Å². The van der Waals surface area contributed by atoms with Crippen molar-refractivity contribution in [1.82, 2.24) is 24.9 Å². The number of amides is 1.